The highest BCUT2D eigenvalue weighted by atomic mass is 32.2. The average molecular weight is 594 g/mol. The Morgan fingerprint density at radius 1 is 1.09 bits per heavy atom. The summed E-state index contributed by atoms with van der Waals surface area (Å²) in [7, 11) is -4.31. The number of aromatic nitrogens is 5. The van der Waals surface area contributed by atoms with Gasteiger partial charge in [0.1, 0.15) is 22.8 Å². The molecule has 0 aliphatic heterocycles. The van der Waals surface area contributed by atoms with E-state index in [1.807, 2.05) is 6.92 Å². The van der Waals surface area contributed by atoms with Crippen LogP contribution in [0.5, 0.6) is 0 Å². The summed E-state index contributed by atoms with van der Waals surface area (Å²) in [6.45, 7) is 1.69. The van der Waals surface area contributed by atoms with Gasteiger partial charge in [0.25, 0.3) is 10.0 Å². The first-order chi connectivity index (χ1) is 20.8. The van der Waals surface area contributed by atoms with Gasteiger partial charge in [0.05, 0.1) is 29.4 Å². The lowest BCUT2D eigenvalue weighted by molar-refractivity contribution is -0.114. The van der Waals surface area contributed by atoms with Crippen LogP contribution in [0.15, 0.2) is 88.3 Å². The number of benzene rings is 3. The van der Waals surface area contributed by atoms with E-state index < -0.39 is 22.5 Å². The molecule has 0 atom stereocenters. The number of hydrogen-bond donors (Lipinski definition) is 3. The molecular formula is C29H23N9O4S. The summed E-state index contributed by atoms with van der Waals surface area (Å²) in [6.07, 6.45) is 1.51. The van der Waals surface area contributed by atoms with Gasteiger partial charge in [-0.15, -0.1) is 0 Å². The van der Waals surface area contributed by atoms with Gasteiger partial charge in [-0.2, -0.15) is 5.26 Å². The smallest absolute Gasteiger partial charge is 0.266 e. The first-order valence-corrected chi connectivity index (χ1v) is 14.4. The number of tetrazole rings is 1. The van der Waals surface area contributed by atoms with E-state index in [0.717, 1.165) is 20.9 Å². The maximum absolute atomic E-state index is 14.2. The lowest BCUT2D eigenvalue weighted by atomic mass is 10.1. The van der Waals surface area contributed by atoms with Crippen molar-refractivity contribution in [3.8, 4) is 6.07 Å². The van der Waals surface area contributed by atoms with Gasteiger partial charge < -0.3 is 9.73 Å². The van der Waals surface area contributed by atoms with Crippen molar-refractivity contribution >= 4 is 55.1 Å². The summed E-state index contributed by atoms with van der Waals surface area (Å²) >= 11 is 0. The third-order valence-electron chi connectivity index (χ3n) is 6.83. The Kier molecular flexibility index (Phi) is 7.14. The van der Waals surface area contributed by atoms with Crippen molar-refractivity contribution < 1.29 is 17.6 Å². The SMILES string of the molecule is Cc1c(CNc2ccc(C#N)cc2)oc2cc(N(CC(=O)Nc3nnn[nH]3)S(=O)(=O)c3cccc4cccnc34)ccc12. The van der Waals surface area contributed by atoms with Gasteiger partial charge in [-0.05, 0) is 65.9 Å². The van der Waals surface area contributed by atoms with E-state index in [9.17, 15) is 13.2 Å². The lowest BCUT2D eigenvalue weighted by Crippen LogP contribution is -2.38. The van der Waals surface area contributed by atoms with Gasteiger partial charge in [0.15, 0.2) is 0 Å². The molecule has 43 heavy (non-hydrogen) atoms. The van der Waals surface area contributed by atoms with Crippen molar-refractivity contribution in [1.82, 2.24) is 25.6 Å². The monoisotopic (exact) mass is 593 g/mol. The van der Waals surface area contributed by atoms with Gasteiger partial charge >= 0.3 is 0 Å². The van der Waals surface area contributed by atoms with E-state index in [4.69, 9.17) is 9.68 Å². The molecule has 214 valence electrons. The van der Waals surface area contributed by atoms with E-state index in [1.165, 1.54) is 12.3 Å². The molecule has 0 spiro atoms. The van der Waals surface area contributed by atoms with Crippen LogP contribution in [-0.4, -0.2) is 46.5 Å². The van der Waals surface area contributed by atoms with Gasteiger partial charge in [0.2, 0.25) is 11.9 Å². The molecule has 6 rings (SSSR count). The van der Waals surface area contributed by atoms with Crippen LogP contribution in [0.2, 0.25) is 0 Å². The van der Waals surface area contributed by atoms with E-state index in [-0.39, 0.29) is 22.0 Å². The largest absolute Gasteiger partial charge is 0.459 e. The molecule has 0 aliphatic carbocycles. The van der Waals surface area contributed by atoms with Crippen LogP contribution in [0.1, 0.15) is 16.9 Å². The highest BCUT2D eigenvalue weighted by molar-refractivity contribution is 7.93. The minimum atomic E-state index is -4.31. The average Bonchev–Trinajstić information content (AvgIpc) is 3.65. The van der Waals surface area contributed by atoms with E-state index in [2.05, 4.69) is 42.3 Å². The number of carbonyl (C=O) groups excluding carboxylic acids is 1. The van der Waals surface area contributed by atoms with Crippen molar-refractivity contribution in [2.45, 2.75) is 18.4 Å². The van der Waals surface area contributed by atoms with Crippen LogP contribution >= 0.6 is 0 Å². The summed E-state index contributed by atoms with van der Waals surface area (Å²) in [5, 5.41) is 29.1. The molecule has 3 aromatic heterocycles. The summed E-state index contributed by atoms with van der Waals surface area (Å²) in [5.74, 6) is -0.0382. The molecule has 0 aliphatic rings. The van der Waals surface area contributed by atoms with Crippen LogP contribution in [0, 0.1) is 18.3 Å². The molecule has 14 heteroatoms. The number of sulfonamides is 1. The van der Waals surface area contributed by atoms with Crippen molar-refractivity contribution in [2.24, 2.45) is 0 Å². The Bertz CT molecular complexity index is 2100. The standard InChI is InChI=1S/C29H23N9O4S/c1-18-23-12-11-22(14-24(23)42-25(18)16-32-21-9-7-19(15-30)8-10-21)38(17-27(39)33-29-34-36-37-35-29)43(40,41)26-6-2-4-20-5-3-13-31-28(20)26/h2-14,32H,16-17H2,1H3,(H2,33,34,35,36,37,39). The minimum Gasteiger partial charge on any atom is -0.459 e. The summed E-state index contributed by atoms with van der Waals surface area (Å²) in [5.41, 5.74) is 3.19. The molecule has 1 amide bonds. The van der Waals surface area contributed by atoms with Crippen LogP contribution in [-0.2, 0) is 21.4 Å². The third kappa shape index (κ3) is 5.44. The number of anilines is 3. The number of aryl methyl sites for hydroxylation is 1. The summed E-state index contributed by atoms with van der Waals surface area (Å²) in [4.78, 5) is 17.3. The molecular weight excluding hydrogens is 570 g/mol. The third-order valence-corrected chi connectivity index (χ3v) is 8.64. The number of nitrogens with zero attached hydrogens (tertiary/aromatic N) is 6. The molecule has 0 radical (unpaired) electrons. The van der Waals surface area contributed by atoms with Crippen molar-refractivity contribution in [3.05, 3.63) is 95.9 Å². The maximum Gasteiger partial charge on any atom is 0.266 e. The molecule has 13 nitrogen and oxygen atoms in total. The Balaban J connectivity index is 1.36. The molecule has 0 unspecified atom stereocenters. The van der Waals surface area contributed by atoms with Crippen LogP contribution < -0.4 is 14.9 Å². The number of rotatable bonds is 9. The quantitative estimate of drug-likeness (QED) is 0.220. The van der Waals surface area contributed by atoms with E-state index in [0.29, 0.717) is 28.8 Å². The summed E-state index contributed by atoms with van der Waals surface area (Å²) in [6, 6.07) is 22.4. The number of H-pyrrole nitrogens is 1. The summed E-state index contributed by atoms with van der Waals surface area (Å²) < 4.78 is 35.5. The number of aromatic amines is 1. The van der Waals surface area contributed by atoms with E-state index >= 15 is 0 Å². The van der Waals surface area contributed by atoms with Gasteiger partial charge in [0, 0.05) is 34.3 Å². The molecule has 0 saturated heterocycles. The number of nitriles is 1. The van der Waals surface area contributed by atoms with Crippen molar-refractivity contribution in [1.29, 1.82) is 5.26 Å². The van der Waals surface area contributed by atoms with Gasteiger partial charge in [-0.3, -0.25) is 19.4 Å². The van der Waals surface area contributed by atoms with E-state index in [1.54, 1.807) is 66.7 Å². The highest BCUT2D eigenvalue weighted by Crippen LogP contribution is 2.33. The fourth-order valence-corrected chi connectivity index (χ4v) is 6.25. The number of nitrogens with one attached hydrogen (secondary N) is 3. The highest BCUT2D eigenvalue weighted by Gasteiger charge is 2.30. The molecule has 0 saturated carbocycles. The first-order valence-electron chi connectivity index (χ1n) is 13.0. The molecule has 6 aromatic rings. The van der Waals surface area contributed by atoms with Crippen LogP contribution in [0.25, 0.3) is 21.9 Å². The maximum atomic E-state index is 14.2. The number of para-hydroxylation sites is 1. The zero-order valence-corrected chi connectivity index (χ0v) is 23.5. The molecule has 0 bridgehead atoms. The number of fused-ring (bicyclic) bond motifs is 2. The normalized spacial score (nSPS) is 11.3. The Morgan fingerprint density at radius 3 is 2.67 bits per heavy atom. The fourth-order valence-electron chi connectivity index (χ4n) is 4.67. The second-order valence-electron chi connectivity index (χ2n) is 9.51. The molecule has 0 fully saturated rings. The Hall–Kier alpha value is -5.81. The van der Waals surface area contributed by atoms with Crippen LogP contribution in [0.4, 0.5) is 17.3 Å². The molecule has 3 aromatic carbocycles. The number of furan rings is 1. The zero-order chi connectivity index (χ0) is 30.0. The number of amides is 1. The minimum absolute atomic E-state index is 0.0225. The predicted octanol–water partition coefficient (Wildman–Crippen LogP) is 4.12. The second kappa shape index (κ2) is 11.2. The van der Waals surface area contributed by atoms with Crippen LogP contribution in [0.3, 0.4) is 0 Å². The lowest BCUT2D eigenvalue weighted by Gasteiger charge is -2.24. The Labute approximate surface area is 245 Å². The predicted molar refractivity (Wildman–Crippen MR) is 159 cm³/mol. The second-order valence-corrected chi connectivity index (χ2v) is 11.3. The Morgan fingerprint density at radius 2 is 1.91 bits per heavy atom. The molecule has 3 N–H and O–H groups in total. The van der Waals surface area contributed by atoms with Gasteiger partial charge in [-0.1, -0.05) is 23.3 Å². The fraction of sp³-hybridized carbons (Fsp3) is 0.103. The zero-order valence-electron chi connectivity index (χ0n) is 22.6. The number of pyridine rings is 1. The van der Waals surface area contributed by atoms with Crippen molar-refractivity contribution in [3.63, 3.8) is 0 Å². The van der Waals surface area contributed by atoms with Crippen molar-refractivity contribution in [2.75, 3.05) is 21.5 Å². The molecule has 3 heterocycles. The first kappa shape index (κ1) is 27.4. The number of hydrogen-bond acceptors (Lipinski definition) is 10. The number of carbonyl (C=O) groups is 1. The topological polar surface area (TPSA) is 183 Å². The van der Waals surface area contributed by atoms with Gasteiger partial charge in [-0.25, -0.2) is 13.5 Å².